The number of piperidine rings is 1. The molecule has 0 radical (unpaired) electrons. The van der Waals surface area contributed by atoms with Gasteiger partial charge in [0, 0.05) is 52.4 Å². The van der Waals surface area contributed by atoms with Crippen LogP contribution in [0.2, 0.25) is 0 Å². The number of rotatable bonds is 3. The summed E-state index contributed by atoms with van der Waals surface area (Å²) < 4.78 is 10.3. The molecule has 0 spiro atoms. The minimum Gasteiger partial charge on any atom is -0.361 e. The lowest BCUT2D eigenvalue weighted by Gasteiger charge is -2.33. The first-order chi connectivity index (χ1) is 13.9. The van der Waals surface area contributed by atoms with Gasteiger partial charge in [-0.1, -0.05) is 10.3 Å². The molecule has 1 atom stereocenters. The first kappa shape index (κ1) is 19.3. The van der Waals surface area contributed by atoms with Crippen molar-refractivity contribution < 1.29 is 4.74 Å². The van der Waals surface area contributed by atoms with Crippen LogP contribution in [0.1, 0.15) is 32.1 Å². The van der Waals surface area contributed by atoms with Gasteiger partial charge in [-0.05, 0) is 42.4 Å². The molecule has 0 amide bonds. The van der Waals surface area contributed by atoms with Crippen molar-refractivity contribution >= 4 is 31.4 Å². The topological polar surface area (TPSA) is 34.0 Å². The number of hydrogen-bond donors (Lipinski definition) is 1. The Morgan fingerprint density at radius 1 is 0.857 bits per heavy atom. The predicted octanol–water partition coefficient (Wildman–Crippen LogP) is 1.43. The van der Waals surface area contributed by atoms with Crippen LogP contribution in [-0.4, -0.2) is 83.2 Å². The number of nitrogens with zero attached hydrogens (tertiary/aromatic N) is 4. The largest absolute Gasteiger partial charge is 0.361 e. The van der Waals surface area contributed by atoms with E-state index in [1.54, 1.807) is 0 Å². The van der Waals surface area contributed by atoms with Crippen molar-refractivity contribution in [1.82, 2.24) is 14.8 Å². The summed E-state index contributed by atoms with van der Waals surface area (Å²) in [6.45, 7) is 12.2. The van der Waals surface area contributed by atoms with Gasteiger partial charge in [0.05, 0.1) is 0 Å². The number of nitrogens with one attached hydrogen (secondary N) is 1. The van der Waals surface area contributed by atoms with E-state index in [4.69, 9.17) is 4.74 Å². The van der Waals surface area contributed by atoms with Gasteiger partial charge in [-0.15, -0.1) is 0 Å². The van der Waals surface area contributed by atoms with E-state index >= 15 is 0 Å². The second kappa shape index (κ2) is 9.00. The fourth-order valence-corrected chi connectivity index (χ4v) is 7.95. The number of morpholine rings is 1. The summed E-state index contributed by atoms with van der Waals surface area (Å²) >= 11 is 0. The Balaban J connectivity index is 1.50. The highest BCUT2D eigenvalue weighted by molar-refractivity contribution is 7.70. The molecule has 6 nitrogen and oxygen atoms in total. The van der Waals surface area contributed by atoms with Crippen molar-refractivity contribution in [3.63, 3.8) is 0 Å². The zero-order chi connectivity index (χ0) is 18.8. The molecule has 5 heterocycles. The summed E-state index contributed by atoms with van der Waals surface area (Å²) in [5, 5.41) is 5.06. The molecule has 8 heteroatoms. The normalized spacial score (nSPS) is 29.5. The summed E-state index contributed by atoms with van der Waals surface area (Å²) in [7, 11) is 4.02. The average molecular weight is 425 g/mol. The minimum absolute atomic E-state index is 0.276. The maximum Gasteiger partial charge on any atom is 0.293 e. The lowest BCUT2D eigenvalue weighted by atomic mass is 10.1. The summed E-state index contributed by atoms with van der Waals surface area (Å²) in [5.74, 6) is 0. The lowest BCUT2D eigenvalue weighted by Crippen LogP contribution is -2.52. The summed E-state index contributed by atoms with van der Waals surface area (Å²) in [6.07, 6.45) is 7.00. The molecule has 0 saturated carbocycles. The van der Waals surface area contributed by atoms with E-state index in [0.29, 0.717) is 0 Å². The summed E-state index contributed by atoms with van der Waals surface area (Å²) in [6, 6.07) is 0. The van der Waals surface area contributed by atoms with Crippen LogP contribution in [0.15, 0.2) is 0 Å². The molecular formula is C20H34N5OS2+. The molecule has 0 aliphatic carbocycles. The van der Waals surface area contributed by atoms with Crippen LogP contribution < -0.4 is 24.4 Å². The van der Waals surface area contributed by atoms with Crippen molar-refractivity contribution in [2.45, 2.75) is 38.3 Å². The quantitative estimate of drug-likeness (QED) is 0.587. The van der Waals surface area contributed by atoms with Crippen LogP contribution in [0.3, 0.4) is 0 Å². The van der Waals surface area contributed by atoms with Gasteiger partial charge in [0.25, 0.3) is 4.67 Å². The van der Waals surface area contributed by atoms with Gasteiger partial charge < -0.3 is 19.9 Å². The molecule has 156 valence electrons. The van der Waals surface area contributed by atoms with Crippen molar-refractivity contribution in [2.75, 3.05) is 81.9 Å². The smallest absolute Gasteiger partial charge is 0.293 e. The fourth-order valence-electron chi connectivity index (χ4n) is 4.98. The van der Waals surface area contributed by atoms with E-state index in [-0.39, 0.29) is 6.23 Å². The molecule has 4 fully saturated rings. The number of likely N-dealkylation sites (tertiary alicyclic amines) is 1. The monoisotopic (exact) mass is 424 g/mol. The summed E-state index contributed by atoms with van der Waals surface area (Å²) in [4.78, 5) is 7.88. The molecule has 0 aromatic carbocycles. The molecule has 1 aromatic rings. The average Bonchev–Trinajstić information content (AvgIpc) is 3.45. The van der Waals surface area contributed by atoms with Crippen LogP contribution in [-0.2, 0) is 4.74 Å². The summed E-state index contributed by atoms with van der Waals surface area (Å²) in [5.41, 5.74) is 1.53. The second-order valence-electron chi connectivity index (χ2n) is 8.42. The molecule has 1 N–H and O–H groups in total. The standard InChI is InChI=1S/C20H34N5OS2/c1-2-10-24(11-3-1)19-18(23-12-6-21-7-13-23)20(28-27-19)25-14-15-26-17(16-25)22-8-4-5-9-22/h17,21H,1-16H2/q+1. The van der Waals surface area contributed by atoms with E-state index in [1.165, 1.54) is 73.6 Å². The molecule has 0 bridgehead atoms. The van der Waals surface area contributed by atoms with Crippen LogP contribution in [0.25, 0.3) is 0 Å². The van der Waals surface area contributed by atoms with Crippen molar-refractivity contribution in [3.8, 4) is 0 Å². The SMILES string of the molecule is C1CCN(c2ssc(=[N+]3CCOC(N4CCCC4)C3)c2N2CCNCC2)CC1. The van der Waals surface area contributed by atoms with E-state index in [1.807, 2.05) is 20.7 Å². The predicted molar refractivity (Wildman–Crippen MR) is 119 cm³/mol. The molecule has 4 aliphatic heterocycles. The Morgan fingerprint density at radius 2 is 1.61 bits per heavy atom. The van der Waals surface area contributed by atoms with Gasteiger partial charge in [0.15, 0.2) is 25.0 Å². The highest BCUT2D eigenvalue weighted by Crippen LogP contribution is 2.36. The minimum atomic E-state index is 0.276. The van der Waals surface area contributed by atoms with E-state index in [0.717, 1.165) is 45.9 Å². The number of piperazine rings is 1. The first-order valence-corrected chi connectivity index (χ1v) is 13.3. The highest BCUT2D eigenvalue weighted by Gasteiger charge is 2.33. The first-order valence-electron chi connectivity index (χ1n) is 11.2. The third-order valence-corrected chi connectivity index (χ3v) is 9.06. The van der Waals surface area contributed by atoms with Gasteiger partial charge in [0.2, 0.25) is 0 Å². The van der Waals surface area contributed by atoms with Gasteiger partial charge in [-0.3, -0.25) is 4.90 Å². The van der Waals surface area contributed by atoms with Crippen LogP contribution in [0.5, 0.6) is 0 Å². The number of anilines is 2. The third kappa shape index (κ3) is 3.99. The van der Waals surface area contributed by atoms with Crippen molar-refractivity contribution in [3.05, 3.63) is 4.67 Å². The molecular weight excluding hydrogens is 390 g/mol. The Hall–Kier alpha value is -0.670. The third-order valence-electron chi connectivity index (χ3n) is 6.56. The Bertz CT molecular complexity index is 714. The second-order valence-corrected chi connectivity index (χ2v) is 10.5. The Kier molecular flexibility index (Phi) is 6.20. The fraction of sp³-hybridized carbons (Fsp3) is 0.850. The maximum absolute atomic E-state index is 6.18. The highest BCUT2D eigenvalue weighted by atomic mass is 32.9. The molecule has 1 aromatic heterocycles. The molecule has 4 aliphatic rings. The van der Waals surface area contributed by atoms with Crippen LogP contribution in [0.4, 0.5) is 10.7 Å². The number of hydrogen-bond acceptors (Lipinski definition) is 7. The Labute approximate surface area is 175 Å². The number of ether oxygens (including phenoxy) is 1. The Morgan fingerprint density at radius 3 is 2.39 bits per heavy atom. The maximum atomic E-state index is 6.18. The van der Waals surface area contributed by atoms with Crippen molar-refractivity contribution in [1.29, 1.82) is 0 Å². The molecule has 1 unspecified atom stereocenters. The zero-order valence-corrected chi connectivity index (χ0v) is 18.5. The van der Waals surface area contributed by atoms with E-state index in [2.05, 4.69) is 24.6 Å². The molecule has 4 saturated heterocycles. The van der Waals surface area contributed by atoms with Gasteiger partial charge in [-0.25, -0.2) is 4.58 Å². The van der Waals surface area contributed by atoms with Gasteiger partial charge >= 0.3 is 0 Å². The zero-order valence-electron chi connectivity index (χ0n) is 16.9. The molecule has 5 rings (SSSR count). The van der Waals surface area contributed by atoms with Gasteiger partial charge in [-0.2, -0.15) is 0 Å². The van der Waals surface area contributed by atoms with Crippen molar-refractivity contribution in [2.24, 2.45) is 0 Å². The van der Waals surface area contributed by atoms with Crippen LogP contribution in [0, 0.1) is 0 Å². The van der Waals surface area contributed by atoms with E-state index < -0.39 is 0 Å². The van der Waals surface area contributed by atoms with Crippen LogP contribution >= 0.6 is 20.7 Å². The van der Waals surface area contributed by atoms with E-state index in [9.17, 15) is 0 Å². The lowest BCUT2D eigenvalue weighted by molar-refractivity contribution is -0.0722. The van der Waals surface area contributed by atoms with Gasteiger partial charge in [0.1, 0.15) is 11.6 Å². The molecule has 28 heavy (non-hydrogen) atoms.